The Hall–Kier alpha value is -3.40. The van der Waals surface area contributed by atoms with Crippen molar-refractivity contribution in [3.63, 3.8) is 0 Å². The van der Waals surface area contributed by atoms with E-state index < -0.39 is 18.0 Å². The molecule has 9 nitrogen and oxygen atoms in total. The molecule has 0 saturated carbocycles. The molecule has 0 spiro atoms. The summed E-state index contributed by atoms with van der Waals surface area (Å²) in [5.74, 6) is -0.0526. The topological polar surface area (TPSA) is 104 Å². The molecule has 0 aliphatic carbocycles. The zero-order valence-electron chi connectivity index (χ0n) is 14.8. The highest BCUT2D eigenvalue weighted by Gasteiger charge is 2.55. The van der Waals surface area contributed by atoms with Gasteiger partial charge in [0.1, 0.15) is 6.54 Å². The number of hydrogen-bond donors (Lipinski definition) is 0. The molecule has 0 unspecified atom stereocenters. The molecule has 1 aromatic heterocycles. The zero-order valence-corrected chi connectivity index (χ0v) is 16.4. The van der Waals surface area contributed by atoms with Crippen LogP contribution in [0.3, 0.4) is 0 Å². The Bertz CT molecular complexity index is 1110. The van der Waals surface area contributed by atoms with Gasteiger partial charge in [-0.2, -0.15) is 10.1 Å². The lowest BCUT2D eigenvalue weighted by Crippen LogP contribution is -2.39. The van der Waals surface area contributed by atoms with Gasteiger partial charge < -0.3 is 4.52 Å². The molecule has 29 heavy (non-hydrogen) atoms. The molecule has 2 amide bonds. The molecule has 1 fully saturated rings. The SMILES string of the molecule is O=C1[C@H]2N=NN(Cc3nc(-c4ccc(Br)cc4)no3)[C@@H]2C(=O)N1c1ccccc1. The average molecular weight is 453 g/mol. The van der Waals surface area contributed by atoms with Crippen LogP contribution in [0.2, 0.25) is 0 Å². The molecule has 2 aromatic carbocycles. The maximum Gasteiger partial charge on any atom is 0.263 e. The number of benzene rings is 2. The van der Waals surface area contributed by atoms with Crippen molar-refractivity contribution in [1.82, 2.24) is 15.1 Å². The molecule has 10 heteroatoms. The van der Waals surface area contributed by atoms with Gasteiger partial charge in [-0.05, 0) is 36.4 Å². The fourth-order valence-electron chi connectivity index (χ4n) is 3.36. The van der Waals surface area contributed by atoms with Crippen LogP contribution < -0.4 is 4.90 Å². The largest absolute Gasteiger partial charge is 0.337 e. The summed E-state index contributed by atoms with van der Waals surface area (Å²) < 4.78 is 6.25. The van der Waals surface area contributed by atoms with E-state index in [0.29, 0.717) is 11.5 Å². The summed E-state index contributed by atoms with van der Waals surface area (Å²) in [6.45, 7) is 0.0792. The molecule has 2 aliphatic heterocycles. The van der Waals surface area contributed by atoms with Crippen molar-refractivity contribution in [2.75, 3.05) is 4.90 Å². The minimum Gasteiger partial charge on any atom is -0.337 e. The Morgan fingerprint density at radius 2 is 1.76 bits per heavy atom. The number of hydrogen-bond acceptors (Lipinski definition) is 8. The van der Waals surface area contributed by atoms with Crippen LogP contribution in [0.4, 0.5) is 5.69 Å². The van der Waals surface area contributed by atoms with Gasteiger partial charge in [-0.1, -0.05) is 44.5 Å². The van der Waals surface area contributed by atoms with E-state index in [4.69, 9.17) is 4.52 Å². The Labute approximate surface area is 173 Å². The number of carbonyl (C=O) groups excluding carboxylic acids is 2. The van der Waals surface area contributed by atoms with Gasteiger partial charge in [0, 0.05) is 10.0 Å². The lowest BCUT2D eigenvalue weighted by Gasteiger charge is -2.19. The third-order valence-corrected chi connectivity index (χ3v) is 5.27. The van der Waals surface area contributed by atoms with Gasteiger partial charge in [0.05, 0.1) is 5.69 Å². The van der Waals surface area contributed by atoms with Crippen LogP contribution in [-0.4, -0.2) is 39.0 Å². The highest BCUT2D eigenvalue weighted by Crippen LogP contribution is 2.32. The van der Waals surface area contributed by atoms with Gasteiger partial charge >= 0.3 is 0 Å². The molecule has 3 heterocycles. The summed E-state index contributed by atoms with van der Waals surface area (Å²) in [4.78, 5) is 31.1. The lowest BCUT2D eigenvalue weighted by atomic mass is 10.1. The number of amides is 2. The molecule has 1 saturated heterocycles. The van der Waals surface area contributed by atoms with Gasteiger partial charge in [-0.15, -0.1) is 0 Å². The van der Waals surface area contributed by atoms with E-state index in [1.54, 1.807) is 24.3 Å². The highest BCUT2D eigenvalue weighted by atomic mass is 79.9. The minimum absolute atomic E-state index is 0.0792. The molecule has 0 N–H and O–H groups in total. The normalized spacial score (nSPS) is 20.6. The van der Waals surface area contributed by atoms with Crippen molar-refractivity contribution in [2.45, 2.75) is 18.6 Å². The van der Waals surface area contributed by atoms with Gasteiger partial charge in [-0.25, -0.2) is 4.90 Å². The number of carbonyl (C=O) groups is 2. The van der Waals surface area contributed by atoms with Crippen LogP contribution in [0, 0.1) is 0 Å². The minimum atomic E-state index is -0.864. The Morgan fingerprint density at radius 1 is 1.00 bits per heavy atom. The molecule has 3 aromatic rings. The first kappa shape index (κ1) is 17.7. The van der Waals surface area contributed by atoms with E-state index in [1.807, 2.05) is 30.3 Å². The fourth-order valence-corrected chi connectivity index (χ4v) is 3.62. The number of imide groups is 1. The summed E-state index contributed by atoms with van der Waals surface area (Å²) >= 11 is 3.38. The summed E-state index contributed by atoms with van der Waals surface area (Å²) in [6, 6.07) is 14.6. The monoisotopic (exact) mass is 452 g/mol. The Kier molecular flexibility index (Phi) is 4.20. The van der Waals surface area contributed by atoms with Crippen LogP contribution in [-0.2, 0) is 16.1 Å². The first-order chi connectivity index (χ1) is 14.1. The van der Waals surface area contributed by atoms with E-state index in [1.165, 1.54) is 5.01 Å². The van der Waals surface area contributed by atoms with Crippen LogP contribution in [0.5, 0.6) is 0 Å². The summed E-state index contributed by atoms with van der Waals surface area (Å²) in [6.07, 6.45) is 0. The quantitative estimate of drug-likeness (QED) is 0.563. The van der Waals surface area contributed by atoms with Crippen molar-refractivity contribution < 1.29 is 14.1 Å². The number of halogens is 1. The van der Waals surface area contributed by atoms with Crippen LogP contribution in [0.25, 0.3) is 11.4 Å². The van der Waals surface area contributed by atoms with Gasteiger partial charge in [0.15, 0.2) is 12.1 Å². The number of anilines is 1. The summed E-state index contributed by atoms with van der Waals surface area (Å²) in [5.41, 5.74) is 1.31. The second-order valence-corrected chi connectivity index (χ2v) is 7.47. The molecule has 144 valence electrons. The molecule has 0 bridgehead atoms. The van der Waals surface area contributed by atoms with E-state index in [2.05, 4.69) is 36.4 Å². The maximum absolute atomic E-state index is 12.9. The second-order valence-electron chi connectivity index (χ2n) is 6.56. The summed E-state index contributed by atoms with van der Waals surface area (Å²) in [7, 11) is 0. The van der Waals surface area contributed by atoms with Gasteiger partial charge in [0.25, 0.3) is 11.8 Å². The fraction of sp³-hybridized carbons (Fsp3) is 0.158. The van der Waals surface area contributed by atoms with E-state index >= 15 is 0 Å². The van der Waals surface area contributed by atoms with Crippen LogP contribution >= 0.6 is 15.9 Å². The number of rotatable bonds is 4. The lowest BCUT2D eigenvalue weighted by molar-refractivity contribution is -0.123. The molecular formula is C19H13BrN6O3. The second kappa shape index (κ2) is 6.89. The summed E-state index contributed by atoms with van der Waals surface area (Å²) in [5, 5.41) is 13.4. The third-order valence-electron chi connectivity index (χ3n) is 4.74. The van der Waals surface area contributed by atoms with Crippen molar-refractivity contribution >= 4 is 33.4 Å². The number of fused-ring (bicyclic) bond motifs is 1. The van der Waals surface area contributed by atoms with Crippen molar-refractivity contribution in [3.05, 3.63) is 65.0 Å². The van der Waals surface area contributed by atoms with Crippen molar-refractivity contribution in [1.29, 1.82) is 0 Å². The Balaban J connectivity index is 1.36. The van der Waals surface area contributed by atoms with Crippen LogP contribution in [0.1, 0.15) is 5.89 Å². The number of aromatic nitrogens is 2. The first-order valence-electron chi connectivity index (χ1n) is 8.80. The van der Waals surface area contributed by atoms with E-state index in [9.17, 15) is 9.59 Å². The van der Waals surface area contributed by atoms with Gasteiger partial charge in [0.2, 0.25) is 11.7 Å². The number of nitrogens with zero attached hydrogens (tertiary/aromatic N) is 6. The highest BCUT2D eigenvalue weighted by molar-refractivity contribution is 9.10. The standard InChI is InChI=1S/C19H13BrN6O3/c20-12-8-6-11(7-9-12)17-21-14(29-23-17)10-25-16-15(22-24-25)18(27)26(19(16)28)13-4-2-1-3-5-13/h1-9,15-16H,10H2/t15-,16-/m0/s1. The molecule has 2 atom stereocenters. The van der Waals surface area contributed by atoms with Crippen LogP contribution in [0.15, 0.2) is 73.9 Å². The third kappa shape index (κ3) is 3.01. The first-order valence-corrected chi connectivity index (χ1v) is 9.60. The van der Waals surface area contributed by atoms with Crippen molar-refractivity contribution in [3.8, 4) is 11.4 Å². The molecule has 5 rings (SSSR count). The number of para-hydroxylation sites is 1. The predicted molar refractivity (Wildman–Crippen MR) is 104 cm³/mol. The zero-order chi connectivity index (χ0) is 20.0. The predicted octanol–water partition coefficient (Wildman–Crippen LogP) is 2.99. The Morgan fingerprint density at radius 3 is 2.52 bits per heavy atom. The smallest absolute Gasteiger partial charge is 0.263 e. The van der Waals surface area contributed by atoms with E-state index in [-0.39, 0.29) is 18.3 Å². The van der Waals surface area contributed by atoms with Crippen molar-refractivity contribution in [2.24, 2.45) is 10.3 Å². The molecule has 2 aliphatic rings. The van der Waals surface area contributed by atoms with Gasteiger partial charge in [-0.3, -0.25) is 14.6 Å². The molecular weight excluding hydrogens is 440 g/mol. The van der Waals surface area contributed by atoms with E-state index in [0.717, 1.165) is 14.9 Å². The average Bonchev–Trinajstić information content (AvgIpc) is 3.42. The molecule has 0 radical (unpaired) electrons. The maximum atomic E-state index is 12.9.